The summed E-state index contributed by atoms with van der Waals surface area (Å²) < 4.78 is 27.2. The van der Waals surface area contributed by atoms with Gasteiger partial charge in [-0.05, 0) is 62.1 Å². The van der Waals surface area contributed by atoms with Crippen molar-refractivity contribution in [3.8, 4) is 0 Å². The number of sulfonamides is 1. The predicted octanol–water partition coefficient (Wildman–Crippen LogP) is 3.78. The van der Waals surface area contributed by atoms with Gasteiger partial charge in [0.1, 0.15) is 6.04 Å². The number of nitrogens with one attached hydrogen (secondary N) is 1. The Balaban J connectivity index is 2.18. The normalized spacial score (nSPS) is 12.2. The number of benzene rings is 2. The summed E-state index contributed by atoms with van der Waals surface area (Å²) in [6, 6.07) is 12.6. The molecule has 0 saturated carbocycles. The number of rotatable bonds is 10. The molecule has 0 spiro atoms. The Hall–Kier alpha value is -2.39. The van der Waals surface area contributed by atoms with Gasteiger partial charge >= 0.3 is 0 Å². The number of amides is 2. The first-order valence-corrected chi connectivity index (χ1v) is 13.4. The summed E-state index contributed by atoms with van der Waals surface area (Å²) in [5.74, 6) is -0.466. The fourth-order valence-electron chi connectivity index (χ4n) is 3.59. The van der Waals surface area contributed by atoms with Crippen LogP contribution in [0.25, 0.3) is 0 Å². The summed E-state index contributed by atoms with van der Waals surface area (Å²) in [7, 11) is -1.99. The van der Waals surface area contributed by atoms with Crippen LogP contribution in [0, 0.1) is 13.8 Å². The maximum Gasteiger partial charge on any atom is 0.242 e. The van der Waals surface area contributed by atoms with Crippen LogP contribution in [0.15, 0.2) is 46.9 Å². The topological polar surface area (TPSA) is 86.8 Å². The lowest BCUT2D eigenvalue weighted by Gasteiger charge is -2.29. The second-order valence-corrected chi connectivity index (χ2v) is 11.0. The van der Waals surface area contributed by atoms with E-state index in [2.05, 4.69) is 21.2 Å². The molecule has 0 bridgehead atoms. The number of anilines is 1. The molecule has 7 nitrogen and oxygen atoms in total. The molecule has 180 valence electrons. The van der Waals surface area contributed by atoms with Crippen LogP contribution in [0.3, 0.4) is 0 Å². The average Bonchev–Trinajstić information content (AvgIpc) is 2.75. The Morgan fingerprint density at radius 3 is 2.42 bits per heavy atom. The summed E-state index contributed by atoms with van der Waals surface area (Å²) in [4.78, 5) is 27.0. The maximum atomic E-state index is 13.1. The van der Waals surface area contributed by atoms with Crippen LogP contribution >= 0.6 is 15.9 Å². The number of likely N-dealkylation sites (N-methyl/N-ethyl adjacent to an activating group) is 1. The predicted molar refractivity (Wildman–Crippen MR) is 136 cm³/mol. The van der Waals surface area contributed by atoms with Crippen LogP contribution < -0.4 is 9.62 Å². The Morgan fingerprint density at radius 2 is 1.82 bits per heavy atom. The highest BCUT2D eigenvalue weighted by Crippen LogP contribution is 2.25. The van der Waals surface area contributed by atoms with E-state index in [-0.39, 0.29) is 31.3 Å². The number of nitrogens with zero attached hydrogens (tertiary/aromatic N) is 2. The second-order valence-electron chi connectivity index (χ2n) is 8.17. The second kappa shape index (κ2) is 11.7. The Morgan fingerprint density at radius 1 is 1.12 bits per heavy atom. The first-order valence-electron chi connectivity index (χ1n) is 10.7. The summed E-state index contributed by atoms with van der Waals surface area (Å²) in [6.07, 6.45) is 1.62. The third-order valence-corrected chi connectivity index (χ3v) is 7.11. The van der Waals surface area contributed by atoms with E-state index >= 15 is 0 Å². The van der Waals surface area contributed by atoms with Crippen LogP contribution in [0.1, 0.15) is 36.5 Å². The molecule has 33 heavy (non-hydrogen) atoms. The third-order valence-electron chi connectivity index (χ3n) is 5.44. The Labute approximate surface area is 205 Å². The van der Waals surface area contributed by atoms with Crippen molar-refractivity contribution in [1.29, 1.82) is 0 Å². The van der Waals surface area contributed by atoms with E-state index in [1.54, 1.807) is 6.92 Å². The summed E-state index contributed by atoms with van der Waals surface area (Å²) in [6.45, 7) is 5.91. The molecular formula is C24H32BrN3O4S. The molecule has 1 N–H and O–H groups in total. The van der Waals surface area contributed by atoms with Crippen molar-refractivity contribution in [3.05, 3.63) is 63.6 Å². The molecule has 2 aromatic rings. The number of hydrogen-bond donors (Lipinski definition) is 1. The first kappa shape index (κ1) is 26.9. The first-order chi connectivity index (χ1) is 15.4. The van der Waals surface area contributed by atoms with Gasteiger partial charge in [-0.15, -0.1) is 0 Å². The Bertz CT molecular complexity index is 1100. The monoisotopic (exact) mass is 537 g/mol. The Kier molecular flexibility index (Phi) is 9.48. The van der Waals surface area contributed by atoms with E-state index in [0.717, 1.165) is 21.2 Å². The van der Waals surface area contributed by atoms with E-state index in [4.69, 9.17) is 0 Å². The van der Waals surface area contributed by atoms with Crippen LogP contribution in [-0.4, -0.2) is 51.0 Å². The molecule has 0 fully saturated rings. The van der Waals surface area contributed by atoms with Crippen LogP contribution in [0.4, 0.5) is 5.69 Å². The van der Waals surface area contributed by atoms with E-state index in [1.165, 1.54) is 22.5 Å². The van der Waals surface area contributed by atoms with E-state index in [1.807, 2.05) is 56.3 Å². The molecule has 0 aliphatic carbocycles. The molecule has 2 amide bonds. The van der Waals surface area contributed by atoms with Crippen LogP contribution in [0.5, 0.6) is 0 Å². The average molecular weight is 539 g/mol. The van der Waals surface area contributed by atoms with Gasteiger partial charge in [0.2, 0.25) is 21.8 Å². The number of aryl methyl sites for hydroxylation is 2. The van der Waals surface area contributed by atoms with Crippen molar-refractivity contribution >= 4 is 43.5 Å². The fourth-order valence-corrected chi connectivity index (χ4v) is 5.06. The molecule has 2 aromatic carbocycles. The smallest absolute Gasteiger partial charge is 0.242 e. The minimum atomic E-state index is -3.52. The number of carbonyl (C=O) groups is 2. The van der Waals surface area contributed by atoms with Gasteiger partial charge in [0.15, 0.2) is 0 Å². The van der Waals surface area contributed by atoms with Gasteiger partial charge < -0.3 is 10.2 Å². The fraction of sp³-hybridized carbons (Fsp3) is 0.417. The highest BCUT2D eigenvalue weighted by atomic mass is 79.9. The molecule has 1 atom stereocenters. The van der Waals surface area contributed by atoms with Crippen molar-refractivity contribution in [1.82, 2.24) is 10.2 Å². The molecule has 0 heterocycles. The van der Waals surface area contributed by atoms with E-state index < -0.39 is 16.1 Å². The lowest BCUT2D eigenvalue weighted by atomic mass is 10.1. The highest BCUT2D eigenvalue weighted by Gasteiger charge is 2.26. The zero-order valence-electron chi connectivity index (χ0n) is 19.8. The third kappa shape index (κ3) is 7.57. The van der Waals surface area contributed by atoms with Crippen LogP contribution in [-0.2, 0) is 26.2 Å². The minimum absolute atomic E-state index is 0.117. The number of hydrogen-bond acceptors (Lipinski definition) is 4. The van der Waals surface area contributed by atoms with Gasteiger partial charge in [-0.3, -0.25) is 13.9 Å². The molecule has 1 unspecified atom stereocenters. The molecule has 2 rings (SSSR count). The quantitative estimate of drug-likeness (QED) is 0.499. The van der Waals surface area contributed by atoms with Crippen molar-refractivity contribution in [2.75, 3.05) is 24.2 Å². The molecule has 9 heteroatoms. The molecule has 0 saturated heterocycles. The zero-order chi connectivity index (χ0) is 24.8. The summed E-state index contributed by atoms with van der Waals surface area (Å²) in [5, 5.41) is 2.59. The summed E-state index contributed by atoms with van der Waals surface area (Å²) in [5.41, 5.74) is 3.32. The molecule has 0 aliphatic heterocycles. The molecule has 0 aliphatic rings. The van der Waals surface area contributed by atoms with E-state index in [0.29, 0.717) is 12.1 Å². The standard InChI is InChI=1S/C24H32BrN3O4S/c1-17-11-12-18(2)22(14-17)28(33(5,31)32)13-7-10-23(29)27(19(3)24(30)26-4)16-20-8-6-9-21(25)15-20/h6,8-9,11-12,14-15,19H,7,10,13,16H2,1-5H3,(H,26,30). The van der Waals surface area contributed by atoms with Gasteiger partial charge in [0, 0.05) is 31.0 Å². The SMILES string of the molecule is CNC(=O)C(C)N(Cc1cccc(Br)c1)C(=O)CCCN(c1cc(C)ccc1C)S(C)(=O)=O. The lowest BCUT2D eigenvalue weighted by Crippen LogP contribution is -2.46. The molecule has 0 aromatic heterocycles. The largest absolute Gasteiger partial charge is 0.357 e. The lowest BCUT2D eigenvalue weighted by molar-refractivity contribution is -0.140. The molecule has 0 radical (unpaired) electrons. The van der Waals surface area contributed by atoms with Crippen molar-refractivity contribution in [2.24, 2.45) is 0 Å². The van der Waals surface area contributed by atoms with Gasteiger partial charge in [-0.25, -0.2) is 8.42 Å². The zero-order valence-corrected chi connectivity index (χ0v) is 22.2. The van der Waals surface area contributed by atoms with Gasteiger partial charge in [0.25, 0.3) is 0 Å². The van der Waals surface area contributed by atoms with Crippen molar-refractivity contribution in [3.63, 3.8) is 0 Å². The van der Waals surface area contributed by atoms with Gasteiger partial charge in [-0.1, -0.05) is 40.2 Å². The highest BCUT2D eigenvalue weighted by molar-refractivity contribution is 9.10. The molecular weight excluding hydrogens is 506 g/mol. The maximum absolute atomic E-state index is 13.1. The van der Waals surface area contributed by atoms with Gasteiger partial charge in [0.05, 0.1) is 11.9 Å². The minimum Gasteiger partial charge on any atom is -0.357 e. The van der Waals surface area contributed by atoms with Gasteiger partial charge in [-0.2, -0.15) is 0 Å². The van der Waals surface area contributed by atoms with Crippen molar-refractivity contribution < 1.29 is 18.0 Å². The number of halogens is 1. The van der Waals surface area contributed by atoms with E-state index in [9.17, 15) is 18.0 Å². The van der Waals surface area contributed by atoms with Crippen molar-refractivity contribution in [2.45, 2.75) is 46.2 Å². The summed E-state index contributed by atoms with van der Waals surface area (Å²) >= 11 is 3.43. The van der Waals surface area contributed by atoms with Crippen LogP contribution in [0.2, 0.25) is 0 Å². The number of carbonyl (C=O) groups excluding carboxylic acids is 2.